The third kappa shape index (κ3) is 7.20. The van der Waals surface area contributed by atoms with Crippen LogP contribution in [0.3, 0.4) is 0 Å². The second kappa shape index (κ2) is 11.6. The number of rotatable bonds is 7. The van der Waals surface area contributed by atoms with E-state index in [-0.39, 0.29) is 34.5 Å². The molecular weight excluding hydrogens is 578 g/mol. The molecule has 0 aliphatic rings. The fourth-order valence-electron chi connectivity index (χ4n) is 3.61. The Morgan fingerprint density at radius 2 is 1.61 bits per heavy atom. The predicted octanol–water partition coefficient (Wildman–Crippen LogP) is 6.03. The number of amides is 2. The number of aromatic nitrogens is 4. The van der Waals surface area contributed by atoms with Crippen molar-refractivity contribution >= 4 is 29.1 Å². The molecule has 2 aromatic carbocycles. The molecule has 4 aromatic rings. The molecule has 8 nitrogen and oxygen atoms in total. The van der Waals surface area contributed by atoms with Gasteiger partial charge in [-0.15, -0.1) is 0 Å². The molecule has 1 unspecified atom stereocenters. The maximum absolute atomic E-state index is 13.3. The van der Waals surface area contributed by atoms with Gasteiger partial charge in [0.2, 0.25) is 11.7 Å². The van der Waals surface area contributed by atoms with Gasteiger partial charge in [-0.05, 0) is 55.5 Å². The molecule has 2 N–H and O–H groups in total. The van der Waals surface area contributed by atoms with Crippen molar-refractivity contribution in [3.05, 3.63) is 100 Å². The zero-order valence-electron chi connectivity index (χ0n) is 20.9. The summed E-state index contributed by atoms with van der Waals surface area (Å²) < 4.78 is 79.1. The Labute approximate surface area is 233 Å². The average molecular weight is 597 g/mol. The Morgan fingerprint density at radius 1 is 0.951 bits per heavy atom. The minimum Gasteiger partial charge on any atom is -0.350 e. The molecule has 0 saturated carbocycles. The number of nitrogens with zero attached hydrogens (tertiary/aromatic N) is 4. The van der Waals surface area contributed by atoms with Crippen LogP contribution in [0.5, 0.6) is 0 Å². The number of halogens is 7. The molecule has 0 bridgehead atoms. The largest absolute Gasteiger partial charge is 0.435 e. The van der Waals surface area contributed by atoms with E-state index < -0.39 is 41.3 Å². The quantitative estimate of drug-likeness (QED) is 0.254. The van der Waals surface area contributed by atoms with Gasteiger partial charge in [0.1, 0.15) is 0 Å². The molecule has 0 aliphatic heterocycles. The van der Waals surface area contributed by atoms with E-state index in [0.29, 0.717) is 5.56 Å². The molecule has 1 atom stereocenters. The molecule has 0 radical (unpaired) electrons. The second-order valence-corrected chi connectivity index (χ2v) is 9.16. The predicted molar refractivity (Wildman–Crippen MR) is 135 cm³/mol. The lowest BCUT2D eigenvalue weighted by Crippen LogP contribution is -2.28. The molecule has 0 saturated heterocycles. The van der Waals surface area contributed by atoms with Gasteiger partial charge >= 0.3 is 12.4 Å². The van der Waals surface area contributed by atoms with Crippen LogP contribution in [0.4, 0.5) is 32.0 Å². The van der Waals surface area contributed by atoms with E-state index in [0.717, 1.165) is 35.0 Å². The van der Waals surface area contributed by atoms with Crippen molar-refractivity contribution in [2.45, 2.75) is 31.7 Å². The Bertz CT molecular complexity index is 1550. The summed E-state index contributed by atoms with van der Waals surface area (Å²) in [5, 5.41) is 8.83. The molecule has 4 rings (SSSR count). The highest BCUT2D eigenvalue weighted by molar-refractivity contribution is 6.30. The Morgan fingerprint density at radius 3 is 2.20 bits per heavy atom. The maximum Gasteiger partial charge on any atom is 0.435 e. The second-order valence-electron chi connectivity index (χ2n) is 8.72. The minimum atomic E-state index is -4.71. The number of benzene rings is 2. The molecule has 0 aliphatic carbocycles. The first kappa shape index (κ1) is 29.5. The fraction of sp³-hybridized carbons (Fsp3) is 0.192. The van der Waals surface area contributed by atoms with E-state index in [1.807, 2.05) is 0 Å². The van der Waals surface area contributed by atoms with Crippen molar-refractivity contribution in [1.82, 2.24) is 25.1 Å². The number of anilines is 1. The number of hydrogen-bond donors (Lipinski definition) is 2. The third-order valence-electron chi connectivity index (χ3n) is 5.81. The highest BCUT2D eigenvalue weighted by atomic mass is 35.5. The molecule has 41 heavy (non-hydrogen) atoms. The summed E-state index contributed by atoms with van der Waals surface area (Å²) >= 11 is 5.97. The molecule has 0 spiro atoms. The standard InChI is InChI=1S/C26H19ClF6N6O2/c1-14(15-11-34-22(35-12-15)24(41)37-18-7-5-16(6-8-18)25(28,29)30)23(40)36-13-20-10-21(26(31,32)33)38-39(20)19-4-2-3-17(27)9-19/h2-12,14H,13H2,1H3,(H,36,40)(H,37,41). The van der Waals surface area contributed by atoms with E-state index in [1.165, 1.54) is 31.5 Å². The number of carbonyl (C=O) groups is 2. The van der Waals surface area contributed by atoms with Crippen molar-refractivity contribution in [2.75, 3.05) is 5.32 Å². The normalized spacial score (nSPS) is 12.6. The molecule has 2 aromatic heterocycles. The molecule has 2 amide bonds. The van der Waals surface area contributed by atoms with Gasteiger partial charge in [-0.25, -0.2) is 14.6 Å². The van der Waals surface area contributed by atoms with Gasteiger partial charge < -0.3 is 10.6 Å². The highest BCUT2D eigenvalue weighted by Crippen LogP contribution is 2.31. The fourth-order valence-corrected chi connectivity index (χ4v) is 3.79. The van der Waals surface area contributed by atoms with Crippen LogP contribution >= 0.6 is 11.6 Å². The van der Waals surface area contributed by atoms with Crippen molar-refractivity contribution in [2.24, 2.45) is 0 Å². The van der Waals surface area contributed by atoms with Gasteiger partial charge in [0.15, 0.2) is 5.69 Å². The summed E-state index contributed by atoms with van der Waals surface area (Å²) in [7, 11) is 0. The summed E-state index contributed by atoms with van der Waals surface area (Å²) in [5.74, 6) is -2.51. The smallest absolute Gasteiger partial charge is 0.350 e. The van der Waals surface area contributed by atoms with E-state index in [1.54, 1.807) is 12.1 Å². The molecular formula is C26H19ClF6N6O2. The summed E-state index contributed by atoms with van der Waals surface area (Å²) in [6.45, 7) is 1.21. The first-order valence-electron chi connectivity index (χ1n) is 11.7. The lowest BCUT2D eigenvalue weighted by Gasteiger charge is -2.13. The van der Waals surface area contributed by atoms with Crippen LogP contribution in [-0.4, -0.2) is 31.6 Å². The topological polar surface area (TPSA) is 102 Å². The van der Waals surface area contributed by atoms with Gasteiger partial charge in [0.25, 0.3) is 5.91 Å². The van der Waals surface area contributed by atoms with Crippen LogP contribution in [0.25, 0.3) is 5.69 Å². The zero-order valence-corrected chi connectivity index (χ0v) is 21.6. The minimum absolute atomic E-state index is 0.0478. The van der Waals surface area contributed by atoms with Crippen LogP contribution in [0.1, 0.15) is 46.0 Å². The lowest BCUT2D eigenvalue weighted by molar-refractivity contribution is -0.141. The van der Waals surface area contributed by atoms with Crippen LogP contribution < -0.4 is 10.6 Å². The average Bonchev–Trinajstić information content (AvgIpc) is 3.36. The molecule has 214 valence electrons. The zero-order chi connectivity index (χ0) is 29.9. The van der Waals surface area contributed by atoms with E-state index >= 15 is 0 Å². The Hall–Kier alpha value is -4.46. The SMILES string of the molecule is CC(C(=O)NCc1cc(C(F)(F)F)nn1-c1cccc(Cl)c1)c1cnc(C(=O)Nc2ccc(C(F)(F)F)cc2)nc1. The van der Waals surface area contributed by atoms with E-state index in [9.17, 15) is 35.9 Å². The van der Waals surface area contributed by atoms with Gasteiger partial charge in [0.05, 0.1) is 29.4 Å². The number of hydrogen-bond acceptors (Lipinski definition) is 5. The Balaban J connectivity index is 1.41. The molecule has 0 fully saturated rings. The summed E-state index contributed by atoms with van der Waals surface area (Å²) in [6, 6.07) is 10.6. The van der Waals surface area contributed by atoms with Crippen LogP contribution in [0, 0.1) is 0 Å². The van der Waals surface area contributed by atoms with Crippen LogP contribution in [0.15, 0.2) is 67.0 Å². The molecule has 2 heterocycles. The number of carbonyl (C=O) groups excluding carboxylic acids is 2. The van der Waals surface area contributed by atoms with E-state index in [2.05, 4.69) is 25.7 Å². The maximum atomic E-state index is 13.3. The van der Waals surface area contributed by atoms with Crippen molar-refractivity contribution in [1.29, 1.82) is 0 Å². The monoisotopic (exact) mass is 596 g/mol. The number of nitrogens with one attached hydrogen (secondary N) is 2. The van der Waals surface area contributed by atoms with Crippen molar-refractivity contribution in [3.63, 3.8) is 0 Å². The van der Waals surface area contributed by atoms with Crippen molar-refractivity contribution < 1.29 is 35.9 Å². The highest BCUT2D eigenvalue weighted by Gasteiger charge is 2.35. The number of alkyl halides is 6. The lowest BCUT2D eigenvalue weighted by atomic mass is 10.0. The van der Waals surface area contributed by atoms with Gasteiger partial charge in [-0.2, -0.15) is 31.4 Å². The van der Waals surface area contributed by atoms with Crippen LogP contribution in [0.2, 0.25) is 5.02 Å². The third-order valence-corrected chi connectivity index (χ3v) is 6.04. The Kier molecular flexibility index (Phi) is 8.33. The summed E-state index contributed by atoms with van der Waals surface area (Å²) in [6.07, 6.45) is -6.80. The first-order valence-corrected chi connectivity index (χ1v) is 12.1. The van der Waals surface area contributed by atoms with Crippen LogP contribution in [-0.2, 0) is 23.7 Å². The van der Waals surface area contributed by atoms with Gasteiger partial charge in [-0.1, -0.05) is 17.7 Å². The van der Waals surface area contributed by atoms with Gasteiger partial charge in [0, 0.05) is 28.7 Å². The first-order chi connectivity index (χ1) is 19.2. The van der Waals surface area contributed by atoms with Crippen molar-refractivity contribution in [3.8, 4) is 5.69 Å². The van der Waals surface area contributed by atoms with E-state index in [4.69, 9.17) is 11.6 Å². The summed E-state index contributed by atoms with van der Waals surface area (Å²) in [4.78, 5) is 33.0. The summed E-state index contributed by atoms with van der Waals surface area (Å²) in [5.41, 5.74) is -1.32. The van der Waals surface area contributed by atoms with Gasteiger partial charge in [-0.3, -0.25) is 9.59 Å². The molecule has 15 heteroatoms.